The number of carbonyl (C=O) groups is 2. The number of nitrogens with zero attached hydrogens (tertiary/aromatic N) is 3. The summed E-state index contributed by atoms with van der Waals surface area (Å²) in [6, 6.07) is 12.4. The Kier molecular flexibility index (Phi) is 7.79. The highest BCUT2D eigenvalue weighted by molar-refractivity contribution is 6.30. The van der Waals surface area contributed by atoms with Gasteiger partial charge in [-0.3, -0.25) is 19.2 Å². The molecule has 1 saturated carbocycles. The van der Waals surface area contributed by atoms with Crippen molar-refractivity contribution >= 4 is 23.4 Å². The van der Waals surface area contributed by atoms with E-state index in [9.17, 15) is 9.59 Å². The van der Waals surface area contributed by atoms with E-state index in [4.69, 9.17) is 25.8 Å². The Morgan fingerprint density at radius 1 is 1.05 bits per heavy atom. The highest BCUT2D eigenvalue weighted by Crippen LogP contribution is 2.31. The van der Waals surface area contributed by atoms with E-state index < -0.39 is 0 Å². The number of benzene rings is 2. The van der Waals surface area contributed by atoms with Crippen molar-refractivity contribution in [2.45, 2.75) is 38.1 Å². The number of aromatic nitrogens is 2. The lowest BCUT2D eigenvalue weighted by Crippen LogP contribution is -2.45. The number of likely N-dealkylation sites (tertiary alicyclic amines) is 1. The Labute approximate surface area is 237 Å². The SMILES string of the molecule is O=C1COc2cc(OCC3CC3)cc(c2)C(=O)N[C@H]2CN(CCn3cc(Cl)cn3)C[C@@H]2Oc2ccc(cc2)CN1. The van der Waals surface area contributed by atoms with E-state index in [-0.39, 0.29) is 30.6 Å². The standard InChI is InChI=1S/C29H32ClN5O5/c30-22-13-32-35(14-22)8-7-34-15-26-27(16-34)40-23-5-3-19(4-6-23)12-31-28(36)18-39-25-10-21(29(37)33-26)9-24(11-25)38-17-20-1-2-20/h3-6,9-11,13-14,20,26-27H,1-2,7-8,12,15-18H2,(H,31,36)(H,33,37)/t26-,27-/m0/s1. The average Bonchev–Trinajstić information content (AvgIpc) is 3.58. The van der Waals surface area contributed by atoms with Gasteiger partial charge in [0, 0.05) is 44.0 Å². The summed E-state index contributed by atoms with van der Waals surface area (Å²) in [6.07, 6.45) is 5.45. The van der Waals surface area contributed by atoms with Gasteiger partial charge in [0.15, 0.2) is 6.61 Å². The summed E-state index contributed by atoms with van der Waals surface area (Å²) in [7, 11) is 0. The molecule has 1 aliphatic carbocycles. The van der Waals surface area contributed by atoms with E-state index in [1.165, 1.54) is 0 Å². The van der Waals surface area contributed by atoms with Crippen LogP contribution in [0.25, 0.3) is 0 Å². The van der Waals surface area contributed by atoms with Gasteiger partial charge < -0.3 is 24.8 Å². The number of fused-ring (bicyclic) bond motifs is 7. The predicted molar refractivity (Wildman–Crippen MR) is 148 cm³/mol. The minimum absolute atomic E-state index is 0.171. The highest BCUT2D eigenvalue weighted by Gasteiger charge is 2.36. The maximum absolute atomic E-state index is 13.5. The van der Waals surface area contributed by atoms with Crippen LogP contribution in [0.4, 0.5) is 0 Å². The van der Waals surface area contributed by atoms with Gasteiger partial charge >= 0.3 is 0 Å². The molecule has 0 unspecified atom stereocenters. The summed E-state index contributed by atoms with van der Waals surface area (Å²) >= 11 is 6.02. The Balaban J connectivity index is 1.23. The molecular weight excluding hydrogens is 534 g/mol. The van der Waals surface area contributed by atoms with Crippen molar-refractivity contribution in [1.29, 1.82) is 0 Å². The van der Waals surface area contributed by atoms with Crippen LogP contribution < -0.4 is 24.8 Å². The van der Waals surface area contributed by atoms with Crippen LogP contribution in [0.2, 0.25) is 5.02 Å². The fourth-order valence-corrected chi connectivity index (χ4v) is 5.03. The van der Waals surface area contributed by atoms with Gasteiger partial charge in [-0.2, -0.15) is 5.10 Å². The van der Waals surface area contributed by atoms with Gasteiger partial charge in [0.2, 0.25) is 0 Å². The number of ether oxygens (including phenoxy) is 3. The highest BCUT2D eigenvalue weighted by atomic mass is 35.5. The van der Waals surface area contributed by atoms with Gasteiger partial charge in [-0.1, -0.05) is 23.7 Å². The summed E-state index contributed by atoms with van der Waals surface area (Å²) in [5.74, 6) is 1.68. The predicted octanol–water partition coefficient (Wildman–Crippen LogP) is 2.90. The molecule has 4 bridgehead atoms. The zero-order valence-electron chi connectivity index (χ0n) is 22.1. The van der Waals surface area contributed by atoms with Crippen molar-refractivity contribution in [3.05, 3.63) is 71.0 Å². The number of amides is 2. The average molecular weight is 566 g/mol. The third-order valence-electron chi connectivity index (χ3n) is 7.30. The minimum atomic E-state index is -0.267. The van der Waals surface area contributed by atoms with Crippen molar-refractivity contribution < 1.29 is 23.8 Å². The summed E-state index contributed by atoms with van der Waals surface area (Å²) in [4.78, 5) is 28.2. The first-order valence-corrected chi connectivity index (χ1v) is 14.0. The number of carbonyl (C=O) groups excluding carboxylic acids is 2. The Morgan fingerprint density at radius 3 is 2.67 bits per heavy atom. The fraction of sp³-hybridized carbons (Fsp3) is 0.414. The van der Waals surface area contributed by atoms with Crippen molar-refractivity contribution in [3.8, 4) is 17.2 Å². The first kappa shape index (κ1) is 26.5. The maximum Gasteiger partial charge on any atom is 0.258 e. The molecular formula is C29H32ClN5O5. The summed E-state index contributed by atoms with van der Waals surface area (Å²) < 4.78 is 19.9. The van der Waals surface area contributed by atoms with E-state index >= 15 is 0 Å². The fourth-order valence-electron chi connectivity index (χ4n) is 4.88. The van der Waals surface area contributed by atoms with Crippen LogP contribution in [-0.2, 0) is 17.9 Å². The van der Waals surface area contributed by atoms with E-state index in [0.717, 1.165) is 24.9 Å². The molecule has 210 valence electrons. The molecule has 7 rings (SSSR count). The third kappa shape index (κ3) is 6.86. The number of rotatable bonds is 6. The molecule has 1 saturated heterocycles. The molecule has 0 spiro atoms. The molecule has 2 fully saturated rings. The van der Waals surface area contributed by atoms with Gasteiger partial charge in [-0.15, -0.1) is 0 Å². The first-order valence-electron chi connectivity index (χ1n) is 13.6. The second kappa shape index (κ2) is 11.8. The molecule has 40 heavy (non-hydrogen) atoms. The lowest BCUT2D eigenvalue weighted by molar-refractivity contribution is -0.123. The topological polar surface area (TPSA) is 107 Å². The molecule has 4 heterocycles. The molecule has 2 amide bonds. The Bertz CT molecular complexity index is 1360. The molecule has 2 aromatic carbocycles. The third-order valence-corrected chi connectivity index (χ3v) is 7.50. The quantitative estimate of drug-likeness (QED) is 0.473. The first-order chi connectivity index (χ1) is 19.5. The summed E-state index contributed by atoms with van der Waals surface area (Å²) in [6.45, 7) is 3.44. The molecule has 4 aliphatic rings. The van der Waals surface area contributed by atoms with E-state index in [2.05, 4.69) is 20.6 Å². The zero-order valence-corrected chi connectivity index (χ0v) is 22.8. The molecule has 3 aromatic rings. The minimum Gasteiger partial charge on any atom is -0.493 e. The number of hydrogen-bond donors (Lipinski definition) is 2. The van der Waals surface area contributed by atoms with Crippen LogP contribution >= 0.6 is 11.6 Å². The number of hydrogen-bond acceptors (Lipinski definition) is 7. The normalized spacial score (nSPS) is 21.5. The zero-order chi connectivity index (χ0) is 27.5. The maximum atomic E-state index is 13.5. The second-order valence-electron chi connectivity index (χ2n) is 10.6. The molecule has 2 atom stereocenters. The van der Waals surface area contributed by atoms with Crippen LogP contribution in [0.5, 0.6) is 17.2 Å². The smallest absolute Gasteiger partial charge is 0.258 e. The molecule has 3 aliphatic heterocycles. The van der Waals surface area contributed by atoms with Crippen LogP contribution in [-0.4, -0.2) is 71.5 Å². The van der Waals surface area contributed by atoms with Gasteiger partial charge in [-0.25, -0.2) is 0 Å². The van der Waals surface area contributed by atoms with Crippen molar-refractivity contribution in [2.75, 3.05) is 32.8 Å². The van der Waals surface area contributed by atoms with Crippen molar-refractivity contribution in [2.24, 2.45) is 5.92 Å². The second-order valence-corrected chi connectivity index (χ2v) is 11.0. The molecule has 1 aromatic heterocycles. The van der Waals surface area contributed by atoms with Crippen molar-refractivity contribution in [3.63, 3.8) is 0 Å². The number of nitrogens with one attached hydrogen (secondary N) is 2. The Morgan fingerprint density at radius 2 is 1.90 bits per heavy atom. The lowest BCUT2D eigenvalue weighted by atomic mass is 10.1. The van der Waals surface area contributed by atoms with Crippen molar-refractivity contribution in [1.82, 2.24) is 25.3 Å². The van der Waals surface area contributed by atoms with Crippen LogP contribution in [0.3, 0.4) is 0 Å². The largest absolute Gasteiger partial charge is 0.493 e. The van der Waals surface area contributed by atoms with Crippen LogP contribution in [0.15, 0.2) is 54.9 Å². The summed E-state index contributed by atoms with van der Waals surface area (Å²) in [5, 5.41) is 10.9. The lowest BCUT2D eigenvalue weighted by Gasteiger charge is -2.22. The van der Waals surface area contributed by atoms with E-state index in [1.807, 2.05) is 24.3 Å². The molecule has 2 N–H and O–H groups in total. The van der Waals surface area contributed by atoms with E-state index in [0.29, 0.717) is 66.5 Å². The monoisotopic (exact) mass is 565 g/mol. The summed E-state index contributed by atoms with van der Waals surface area (Å²) in [5.41, 5.74) is 1.35. The van der Waals surface area contributed by atoms with Gasteiger partial charge in [-0.05, 0) is 48.6 Å². The number of halogens is 1. The molecule has 0 radical (unpaired) electrons. The van der Waals surface area contributed by atoms with Crippen LogP contribution in [0.1, 0.15) is 28.8 Å². The van der Waals surface area contributed by atoms with Crippen LogP contribution in [0, 0.1) is 5.92 Å². The van der Waals surface area contributed by atoms with Gasteiger partial charge in [0.1, 0.15) is 23.4 Å². The Hall–Kier alpha value is -3.76. The van der Waals surface area contributed by atoms with E-state index in [1.54, 1.807) is 35.3 Å². The van der Waals surface area contributed by atoms with Gasteiger partial charge in [0.25, 0.3) is 11.8 Å². The molecule has 11 heteroatoms. The van der Waals surface area contributed by atoms with Gasteiger partial charge in [0.05, 0.1) is 30.4 Å². The molecule has 10 nitrogen and oxygen atoms in total.